The second-order valence-corrected chi connectivity index (χ2v) is 18.0. The van der Waals surface area contributed by atoms with E-state index in [0.29, 0.717) is 0 Å². The highest BCUT2D eigenvalue weighted by Gasteiger charge is 2.25. The zero-order chi connectivity index (χ0) is 45.4. The molecule has 0 radical (unpaired) electrons. The van der Waals surface area contributed by atoms with Crippen LogP contribution in [0.15, 0.2) is 259 Å². The summed E-state index contributed by atoms with van der Waals surface area (Å²) in [6.45, 7) is 0. The SMILES string of the molecule is c1ccc(-c2ccc(N(c3ccc(-c4ccc5ccccc5c4)cc3)c3ccc(-c4cccc5c4c4ccccc4n5-c4cccc5ccccc45)c4ccccc34)c3c2oc2ccccc23)cc1. The molecule has 0 fully saturated rings. The standard InChI is InChI=1S/C66H42N2O/c1-2-17-46(18-3-1)51-38-41-62(65-57-26-11-13-31-63(57)69-66(51)65)67(49-36-34-44(35-37-49)48-33-32-43-16-4-5-20-47(43)42-48)60-40-39-53(52-23-8-9-24-54(52)60)55-27-15-30-61-64(55)56-25-10-12-28-59(56)68(61)58-29-14-21-45-19-6-7-22-50(45)58/h1-42H. The zero-order valence-corrected chi connectivity index (χ0v) is 37.6. The summed E-state index contributed by atoms with van der Waals surface area (Å²) in [7, 11) is 0. The molecule has 0 atom stereocenters. The Morgan fingerprint density at radius 3 is 1.80 bits per heavy atom. The highest BCUT2D eigenvalue weighted by atomic mass is 16.3. The van der Waals surface area contributed by atoms with Gasteiger partial charge in [-0.1, -0.05) is 194 Å². The van der Waals surface area contributed by atoms with Gasteiger partial charge in [0.25, 0.3) is 0 Å². The maximum Gasteiger partial charge on any atom is 0.145 e. The van der Waals surface area contributed by atoms with Crippen molar-refractivity contribution in [1.29, 1.82) is 0 Å². The third-order valence-corrected chi connectivity index (χ3v) is 14.2. The fraction of sp³-hybridized carbons (Fsp3) is 0. The van der Waals surface area contributed by atoms with Gasteiger partial charge in [-0.15, -0.1) is 0 Å². The number of hydrogen-bond acceptors (Lipinski definition) is 2. The Morgan fingerprint density at radius 2 is 0.942 bits per heavy atom. The van der Waals surface area contributed by atoms with Crippen LogP contribution in [0, 0.1) is 0 Å². The van der Waals surface area contributed by atoms with Crippen LogP contribution in [0.5, 0.6) is 0 Å². The number of hydrogen-bond donors (Lipinski definition) is 0. The van der Waals surface area contributed by atoms with Crippen LogP contribution < -0.4 is 4.90 Å². The molecule has 12 aromatic carbocycles. The Bertz CT molecular complexity index is 4310. The molecule has 0 bridgehead atoms. The summed E-state index contributed by atoms with van der Waals surface area (Å²) in [6.07, 6.45) is 0. The van der Waals surface area contributed by atoms with Gasteiger partial charge in [0, 0.05) is 38.2 Å². The molecular weight excluding hydrogens is 837 g/mol. The fourth-order valence-corrected chi connectivity index (χ4v) is 11.0. The van der Waals surface area contributed by atoms with Crippen LogP contribution in [0.2, 0.25) is 0 Å². The van der Waals surface area contributed by atoms with E-state index in [9.17, 15) is 0 Å². The van der Waals surface area contributed by atoms with Crippen molar-refractivity contribution in [3.8, 4) is 39.1 Å². The zero-order valence-electron chi connectivity index (χ0n) is 37.6. The molecule has 0 spiro atoms. The molecule has 14 aromatic rings. The van der Waals surface area contributed by atoms with Crippen molar-refractivity contribution in [2.45, 2.75) is 0 Å². The van der Waals surface area contributed by atoms with Gasteiger partial charge in [0.2, 0.25) is 0 Å². The molecule has 0 aliphatic rings. The van der Waals surface area contributed by atoms with Crippen molar-refractivity contribution in [3.05, 3.63) is 255 Å². The number of anilines is 3. The number of benzene rings is 12. The second kappa shape index (κ2) is 15.7. The summed E-state index contributed by atoms with van der Waals surface area (Å²) in [5.41, 5.74) is 15.4. The van der Waals surface area contributed by atoms with Gasteiger partial charge in [-0.2, -0.15) is 0 Å². The van der Waals surface area contributed by atoms with E-state index >= 15 is 0 Å². The smallest absolute Gasteiger partial charge is 0.145 e. The summed E-state index contributed by atoms with van der Waals surface area (Å²) < 4.78 is 9.34. The molecule has 2 heterocycles. The first-order valence-electron chi connectivity index (χ1n) is 23.7. The number of nitrogens with zero attached hydrogens (tertiary/aromatic N) is 2. The van der Waals surface area contributed by atoms with E-state index in [1.165, 1.54) is 76.7 Å². The molecule has 0 saturated heterocycles. The van der Waals surface area contributed by atoms with Crippen molar-refractivity contribution < 1.29 is 4.42 Å². The van der Waals surface area contributed by atoms with E-state index < -0.39 is 0 Å². The molecular formula is C66H42N2O. The summed E-state index contributed by atoms with van der Waals surface area (Å²) in [6, 6.07) is 92.5. The molecule has 69 heavy (non-hydrogen) atoms. The molecule has 0 saturated carbocycles. The van der Waals surface area contributed by atoms with E-state index in [2.05, 4.69) is 264 Å². The first-order valence-corrected chi connectivity index (χ1v) is 23.7. The van der Waals surface area contributed by atoms with Gasteiger partial charge >= 0.3 is 0 Å². The number of rotatable bonds is 7. The highest BCUT2D eigenvalue weighted by molar-refractivity contribution is 6.21. The van der Waals surface area contributed by atoms with Crippen LogP contribution in [-0.2, 0) is 0 Å². The monoisotopic (exact) mass is 878 g/mol. The molecule has 0 aliphatic carbocycles. The molecule has 14 rings (SSSR count). The minimum Gasteiger partial charge on any atom is -0.455 e. The minimum absolute atomic E-state index is 0.861. The largest absolute Gasteiger partial charge is 0.455 e. The molecule has 3 nitrogen and oxygen atoms in total. The van der Waals surface area contributed by atoms with Crippen LogP contribution >= 0.6 is 0 Å². The average molecular weight is 879 g/mol. The van der Waals surface area contributed by atoms with Gasteiger partial charge in [-0.3, -0.25) is 0 Å². The lowest BCUT2D eigenvalue weighted by Gasteiger charge is -2.29. The molecule has 0 N–H and O–H groups in total. The van der Waals surface area contributed by atoms with Crippen molar-refractivity contribution >= 4 is 93.1 Å². The van der Waals surface area contributed by atoms with Gasteiger partial charge in [0.1, 0.15) is 11.2 Å². The van der Waals surface area contributed by atoms with Crippen LogP contribution in [0.3, 0.4) is 0 Å². The van der Waals surface area contributed by atoms with Crippen LogP contribution in [0.4, 0.5) is 17.1 Å². The van der Waals surface area contributed by atoms with Gasteiger partial charge in [-0.05, 0) is 110 Å². The van der Waals surface area contributed by atoms with Gasteiger partial charge in [0.05, 0.1) is 33.5 Å². The molecule has 0 unspecified atom stereocenters. The Morgan fingerprint density at radius 1 is 0.319 bits per heavy atom. The summed E-state index contributed by atoms with van der Waals surface area (Å²) in [5, 5.41) is 11.9. The normalized spacial score (nSPS) is 11.8. The predicted molar refractivity (Wildman–Crippen MR) is 292 cm³/mol. The van der Waals surface area contributed by atoms with Crippen LogP contribution in [0.25, 0.3) is 115 Å². The third kappa shape index (κ3) is 6.21. The maximum atomic E-state index is 6.88. The molecule has 0 aliphatic heterocycles. The minimum atomic E-state index is 0.861. The summed E-state index contributed by atoms with van der Waals surface area (Å²) >= 11 is 0. The van der Waals surface area contributed by atoms with E-state index in [0.717, 1.165) is 55.5 Å². The first-order chi connectivity index (χ1) is 34.2. The van der Waals surface area contributed by atoms with Crippen LogP contribution in [-0.4, -0.2) is 4.57 Å². The lowest BCUT2D eigenvalue weighted by Crippen LogP contribution is -2.11. The molecule has 2 aromatic heterocycles. The van der Waals surface area contributed by atoms with Crippen molar-refractivity contribution in [2.75, 3.05) is 4.90 Å². The topological polar surface area (TPSA) is 21.3 Å². The van der Waals surface area contributed by atoms with Gasteiger partial charge < -0.3 is 13.9 Å². The molecule has 0 amide bonds. The summed E-state index contributed by atoms with van der Waals surface area (Å²) in [4.78, 5) is 2.45. The van der Waals surface area contributed by atoms with Crippen molar-refractivity contribution in [1.82, 2.24) is 4.57 Å². The Balaban J connectivity index is 1.01. The number of aromatic nitrogens is 1. The lowest BCUT2D eigenvalue weighted by atomic mass is 9.93. The third-order valence-electron chi connectivity index (χ3n) is 14.2. The molecule has 322 valence electrons. The van der Waals surface area contributed by atoms with E-state index in [1.807, 2.05) is 0 Å². The van der Waals surface area contributed by atoms with Gasteiger partial charge in [0.15, 0.2) is 0 Å². The van der Waals surface area contributed by atoms with Crippen molar-refractivity contribution in [2.24, 2.45) is 0 Å². The molecule has 3 heteroatoms. The van der Waals surface area contributed by atoms with Gasteiger partial charge in [-0.25, -0.2) is 0 Å². The van der Waals surface area contributed by atoms with Crippen LogP contribution in [0.1, 0.15) is 0 Å². The summed E-state index contributed by atoms with van der Waals surface area (Å²) in [5.74, 6) is 0. The predicted octanol–water partition coefficient (Wildman–Crippen LogP) is 18.6. The number of para-hydroxylation sites is 2. The maximum absolute atomic E-state index is 6.88. The lowest BCUT2D eigenvalue weighted by molar-refractivity contribution is 0.670. The Kier molecular flexibility index (Phi) is 8.90. The Labute approximate surface area is 399 Å². The Hall–Kier alpha value is -9.18. The average Bonchev–Trinajstić information content (AvgIpc) is 3.98. The number of fused-ring (bicyclic) bond motifs is 9. The van der Waals surface area contributed by atoms with E-state index in [-0.39, 0.29) is 0 Å². The highest BCUT2D eigenvalue weighted by Crippen LogP contribution is 2.50. The second-order valence-electron chi connectivity index (χ2n) is 18.0. The van der Waals surface area contributed by atoms with Crippen molar-refractivity contribution in [3.63, 3.8) is 0 Å². The van der Waals surface area contributed by atoms with E-state index in [1.54, 1.807) is 0 Å². The number of furan rings is 1. The quantitative estimate of drug-likeness (QED) is 0.159. The fourth-order valence-electron chi connectivity index (χ4n) is 11.0. The van der Waals surface area contributed by atoms with E-state index in [4.69, 9.17) is 4.42 Å². The first kappa shape index (κ1) is 39.0.